The Kier molecular flexibility index (Phi) is 5.10. The number of rotatable bonds is 6. The normalized spacial score (nSPS) is 13.7. The summed E-state index contributed by atoms with van der Waals surface area (Å²) < 4.78 is 12.7. The zero-order chi connectivity index (χ0) is 16.9. The second-order valence-corrected chi connectivity index (χ2v) is 5.64. The van der Waals surface area contributed by atoms with E-state index in [9.17, 15) is 4.79 Å². The predicted molar refractivity (Wildman–Crippen MR) is 87.5 cm³/mol. The predicted octanol–water partition coefficient (Wildman–Crippen LogP) is 1.41. The van der Waals surface area contributed by atoms with Gasteiger partial charge in [-0.15, -0.1) is 0 Å². The lowest BCUT2D eigenvalue weighted by Gasteiger charge is -2.27. The van der Waals surface area contributed by atoms with E-state index in [1.54, 1.807) is 6.20 Å². The molecule has 1 aliphatic rings. The third-order valence-corrected chi connectivity index (χ3v) is 4.13. The Bertz CT molecular complexity index is 699. The molecular weight excluding hydrogens is 308 g/mol. The van der Waals surface area contributed by atoms with Crippen LogP contribution in [0.5, 0.6) is 5.88 Å². The first-order valence-corrected chi connectivity index (χ1v) is 8.11. The third kappa shape index (κ3) is 3.41. The first-order chi connectivity index (χ1) is 11.7. The summed E-state index contributed by atoms with van der Waals surface area (Å²) in [7, 11) is 1.54. The van der Waals surface area contributed by atoms with E-state index in [2.05, 4.69) is 17.0 Å². The van der Waals surface area contributed by atoms with Gasteiger partial charge in [-0.25, -0.2) is 4.98 Å². The van der Waals surface area contributed by atoms with Crippen molar-refractivity contribution in [2.75, 3.05) is 20.3 Å². The van der Waals surface area contributed by atoms with Crippen molar-refractivity contribution < 1.29 is 14.3 Å². The number of aryl methyl sites for hydroxylation is 1. The Morgan fingerprint density at radius 2 is 2.25 bits per heavy atom. The highest BCUT2D eigenvalue weighted by Gasteiger charge is 2.27. The highest BCUT2D eigenvalue weighted by molar-refractivity contribution is 5.77. The molecule has 3 rings (SSSR count). The molecule has 0 atom stereocenters. The van der Waals surface area contributed by atoms with E-state index in [0.717, 1.165) is 24.2 Å². The summed E-state index contributed by atoms with van der Waals surface area (Å²) in [6.45, 7) is 4.58. The summed E-state index contributed by atoms with van der Waals surface area (Å²) >= 11 is 0. The van der Waals surface area contributed by atoms with Crippen molar-refractivity contribution in [1.82, 2.24) is 19.7 Å². The molecule has 0 saturated heterocycles. The van der Waals surface area contributed by atoms with E-state index in [0.29, 0.717) is 25.6 Å². The first-order valence-electron chi connectivity index (χ1n) is 8.11. The van der Waals surface area contributed by atoms with Crippen LogP contribution in [0.2, 0.25) is 0 Å². The van der Waals surface area contributed by atoms with Gasteiger partial charge in [0.1, 0.15) is 18.9 Å². The van der Waals surface area contributed by atoms with Gasteiger partial charge in [-0.3, -0.25) is 9.48 Å². The molecule has 0 fully saturated rings. The number of fused-ring (bicyclic) bond motifs is 1. The summed E-state index contributed by atoms with van der Waals surface area (Å²) in [5.41, 5.74) is 3.15. The SMILES string of the molecule is CCn1nc(COc2ccccn2)c2c1CCN(C(=O)COC)C2. The van der Waals surface area contributed by atoms with Crippen molar-refractivity contribution in [2.45, 2.75) is 33.0 Å². The van der Waals surface area contributed by atoms with Gasteiger partial charge in [-0.1, -0.05) is 6.07 Å². The number of aromatic nitrogens is 3. The number of methoxy groups -OCH3 is 1. The molecule has 0 aromatic carbocycles. The lowest BCUT2D eigenvalue weighted by atomic mass is 10.1. The number of carbonyl (C=O) groups is 1. The maximum atomic E-state index is 12.1. The number of ether oxygens (including phenoxy) is 2. The van der Waals surface area contributed by atoms with E-state index in [1.165, 1.54) is 12.8 Å². The summed E-state index contributed by atoms with van der Waals surface area (Å²) in [6, 6.07) is 5.55. The molecule has 7 heteroatoms. The molecule has 2 aromatic rings. The Labute approximate surface area is 141 Å². The molecule has 2 aromatic heterocycles. The number of nitrogens with zero attached hydrogens (tertiary/aromatic N) is 4. The summed E-state index contributed by atoms with van der Waals surface area (Å²) in [5, 5.41) is 4.66. The van der Waals surface area contributed by atoms with Gasteiger partial charge >= 0.3 is 0 Å². The van der Waals surface area contributed by atoms with Crippen molar-refractivity contribution in [3.63, 3.8) is 0 Å². The van der Waals surface area contributed by atoms with Gasteiger partial charge in [0.05, 0.1) is 0 Å². The van der Waals surface area contributed by atoms with Crippen LogP contribution >= 0.6 is 0 Å². The highest BCUT2D eigenvalue weighted by Crippen LogP contribution is 2.24. The molecule has 3 heterocycles. The zero-order valence-corrected chi connectivity index (χ0v) is 14.1. The van der Waals surface area contributed by atoms with Crippen LogP contribution in [0.25, 0.3) is 0 Å². The Morgan fingerprint density at radius 3 is 2.96 bits per heavy atom. The van der Waals surface area contributed by atoms with Crippen LogP contribution in [0.1, 0.15) is 23.9 Å². The molecule has 0 unspecified atom stereocenters. The van der Waals surface area contributed by atoms with E-state index in [-0.39, 0.29) is 12.5 Å². The molecule has 0 N–H and O–H groups in total. The molecule has 1 amide bonds. The van der Waals surface area contributed by atoms with Gasteiger partial charge in [0, 0.05) is 56.7 Å². The summed E-state index contributed by atoms with van der Waals surface area (Å²) in [4.78, 5) is 18.1. The second kappa shape index (κ2) is 7.44. The van der Waals surface area contributed by atoms with Crippen LogP contribution in [0.4, 0.5) is 0 Å². The molecule has 128 valence electrons. The maximum absolute atomic E-state index is 12.1. The van der Waals surface area contributed by atoms with Crippen molar-refractivity contribution in [2.24, 2.45) is 0 Å². The number of hydrogen-bond donors (Lipinski definition) is 0. The number of carbonyl (C=O) groups excluding carboxylic acids is 1. The topological polar surface area (TPSA) is 69.5 Å². The monoisotopic (exact) mass is 330 g/mol. The van der Waals surface area contributed by atoms with Crippen molar-refractivity contribution in [3.8, 4) is 5.88 Å². The average Bonchev–Trinajstić information content (AvgIpc) is 2.98. The zero-order valence-electron chi connectivity index (χ0n) is 14.1. The van der Waals surface area contributed by atoms with Crippen molar-refractivity contribution in [1.29, 1.82) is 0 Å². The van der Waals surface area contributed by atoms with Crippen molar-refractivity contribution >= 4 is 5.91 Å². The van der Waals surface area contributed by atoms with Gasteiger partial charge in [0.15, 0.2) is 0 Å². The largest absolute Gasteiger partial charge is 0.471 e. The summed E-state index contributed by atoms with van der Waals surface area (Å²) in [6.07, 6.45) is 2.50. The smallest absolute Gasteiger partial charge is 0.248 e. The Balaban J connectivity index is 1.78. The van der Waals surface area contributed by atoms with E-state index in [4.69, 9.17) is 9.47 Å². The molecular formula is C17H22N4O3. The lowest BCUT2D eigenvalue weighted by molar-refractivity contribution is -0.136. The first kappa shape index (κ1) is 16.4. The Hall–Kier alpha value is -2.41. The molecule has 0 spiro atoms. The minimum atomic E-state index is 0.00370. The molecule has 0 aliphatic carbocycles. The van der Waals surface area contributed by atoms with Gasteiger partial charge in [0.25, 0.3) is 0 Å². The van der Waals surface area contributed by atoms with Gasteiger partial charge in [-0.05, 0) is 13.0 Å². The molecule has 7 nitrogen and oxygen atoms in total. The van der Waals surface area contributed by atoms with Crippen LogP contribution in [-0.4, -0.2) is 45.8 Å². The number of amides is 1. The van der Waals surface area contributed by atoms with Crippen LogP contribution in [0, 0.1) is 0 Å². The van der Waals surface area contributed by atoms with Gasteiger partial charge in [0.2, 0.25) is 11.8 Å². The van der Waals surface area contributed by atoms with E-state index < -0.39 is 0 Å². The van der Waals surface area contributed by atoms with Crippen LogP contribution < -0.4 is 4.74 Å². The van der Waals surface area contributed by atoms with E-state index in [1.807, 2.05) is 27.8 Å². The molecule has 0 bridgehead atoms. The lowest BCUT2D eigenvalue weighted by Crippen LogP contribution is -2.38. The van der Waals surface area contributed by atoms with Crippen LogP contribution in [0.3, 0.4) is 0 Å². The molecule has 0 radical (unpaired) electrons. The van der Waals surface area contributed by atoms with Crippen LogP contribution in [0.15, 0.2) is 24.4 Å². The molecule has 24 heavy (non-hydrogen) atoms. The highest BCUT2D eigenvalue weighted by atomic mass is 16.5. The van der Waals surface area contributed by atoms with Gasteiger partial charge in [-0.2, -0.15) is 5.10 Å². The molecule has 0 saturated carbocycles. The standard InChI is InChI=1S/C17H22N4O3/c1-3-21-15-7-9-20(17(22)12-23-2)10-13(15)14(19-21)11-24-16-6-4-5-8-18-16/h4-6,8H,3,7,9-12H2,1-2H3. The maximum Gasteiger partial charge on any atom is 0.248 e. The fourth-order valence-electron chi connectivity index (χ4n) is 2.94. The minimum Gasteiger partial charge on any atom is -0.471 e. The fourth-order valence-corrected chi connectivity index (χ4v) is 2.94. The summed E-state index contributed by atoms with van der Waals surface area (Å²) in [5.74, 6) is 0.574. The van der Waals surface area contributed by atoms with Crippen molar-refractivity contribution in [3.05, 3.63) is 41.3 Å². The fraction of sp³-hybridized carbons (Fsp3) is 0.471. The Morgan fingerprint density at radius 1 is 1.38 bits per heavy atom. The van der Waals surface area contributed by atoms with Gasteiger partial charge < -0.3 is 14.4 Å². The third-order valence-electron chi connectivity index (χ3n) is 4.13. The molecule has 1 aliphatic heterocycles. The number of pyridine rings is 1. The quantitative estimate of drug-likeness (QED) is 0.801. The average molecular weight is 330 g/mol. The van der Waals surface area contributed by atoms with E-state index >= 15 is 0 Å². The number of hydrogen-bond acceptors (Lipinski definition) is 5. The second-order valence-electron chi connectivity index (χ2n) is 5.64. The van der Waals surface area contributed by atoms with Crippen LogP contribution in [-0.2, 0) is 35.6 Å². The minimum absolute atomic E-state index is 0.00370.